The molecular weight excluding hydrogens is 338 g/mol. The molecule has 26 heavy (non-hydrogen) atoms. The molecular formula is C16H15N7O3. The fourth-order valence-corrected chi connectivity index (χ4v) is 2.44. The Morgan fingerprint density at radius 2 is 2.04 bits per heavy atom. The molecule has 3 aromatic heterocycles. The minimum atomic E-state index is -0.576. The van der Waals surface area contributed by atoms with Gasteiger partial charge in [0.2, 0.25) is 11.7 Å². The number of amides is 1. The Bertz CT molecular complexity index is 982. The van der Waals surface area contributed by atoms with Gasteiger partial charge in [-0.2, -0.15) is 5.10 Å². The molecule has 3 heterocycles. The van der Waals surface area contributed by atoms with Gasteiger partial charge in [0.1, 0.15) is 0 Å². The molecule has 0 fully saturated rings. The molecule has 0 radical (unpaired) electrons. The molecule has 3 aromatic rings. The number of primary amides is 1. The first-order chi connectivity index (χ1) is 12.4. The van der Waals surface area contributed by atoms with Gasteiger partial charge < -0.3 is 11.5 Å². The van der Waals surface area contributed by atoms with Crippen molar-refractivity contribution in [2.24, 2.45) is 5.73 Å². The van der Waals surface area contributed by atoms with Gasteiger partial charge in [0.25, 0.3) is 0 Å². The van der Waals surface area contributed by atoms with E-state index in [1.807, 2.05) is 0 Å². The second-order valence-corrected chi connectivity index (χ2v) is 5.60. The lowest BCUT2D eigenvalue weighted by atomic mass is 10.0. The van der Waals surface area contributed by atoms with Crippen LogP contribution in [0.15, 0.2) is 43.0 Å². The van der Waals surface area contributed by atoms with Crippen LogP contribution in [0, 0.1) is 10.1 Å². The summed E-state index contributed by atoms with van der Waals surface area (Å²) in [6.45, 7) is 1.69. The highest BCUT2D eigenvalue weighted by Gasteiger charge is 2.21. The molecule has 0 aromatic carbocycles. The zero-order chi connectivity index (χ0) is 18.8. The second-order valence-electron chi connectivity index (χ2n) is 5.60. The van der Waals surface area contributed by atoms with Crippen LogP contribution in [0.3, 0.4) is 0 Å². The highest BCUT2D eigenvalue weighted by molar-refractivity contribution is 5.81. The number of anilines is 1. The fraction of sp³-hybridized carbons (Fsp3) is 0.125. The molecule has 0 aliphatic carbocycles. The van der Waals surface area contributed by atoms with E-state index in [1.165, 1.54) is 23.1 Å². The van der Waals surface area contributed by atoms with E-state index < -0.39 is 16.7 Å². The van der Waals surface area contributed by atoms with Gasteiger partial charge in [-0.1, -0.05) is 6.07 Å². The molecule has 0 aliphatic rings. The summed E-state index contributed by atoms with van der Waals surface area (Å²) in [6.07, 6.45) is 6.01. The average molecular weight is 353 g/mol. The lowest BCUT2D eigenvalue weighted by molar-refractivity contribution is -0.383. The van der Waals surface area contributed by atoms with Gasteiger partial charge in [-0.25, -0.2) is 14.6 Å². The summed E-state index contributed by atoms with van der Waals surface area (Å²) in [4.78, 5) is 29.9. The van der Waals surface area contributed by atoms with Gasteiger partial charge in [-0.3, -0.25) is 14.9 Å². The lowest BCUT2D eigenvalue weighted by Crippen LogP contribution is -2.18. The third-order valence-electron chi connectivity index (χ3n) is 3.96. The summed E-state index contributed by atoms with van der Waals surface area (Å²) in [6, 6.07) is 4.91. The molecule has 10 heteroatoms. The SMILES string of the molecule is CC(C(N)=O)c1ccc(-n2cc(-c3ccnc(N)c3[N+](=O)[O-])cn2)nc1. The highest BCUT2D eigenvalue weighted by atomic mass is 16.6. The van der Waals surface area contributed by atoms with Crippen LogP contribution in [0.4, 0.5) is 11.5 Å². The number of aromatic nitrogens is 4. The maximum absolute atomic E-state index is 11.3. The third kappa shape index (κ3) is 3.07. The molecule has 0 saturated heterocycles. The molecule has 4 N–H and O–H groups in total. The zero-order valence-electron chi connectivity index (χ0n) is 13.7. The van der Waals surface area contributed by atoms with Crippen molar-refractivity contribution >= 4 is 17.4 Å². The van der Waals surface area contributed by atoms with Crippen molar-refractivity contribution in [2.45, 2.75) is 12.8 Å². The smallest absolute Gasteiger partial charge is 0.319 e. The number of rotatable bonds is 5. The molecule has 3 rings (SSSR count). The van der Waals surface area contributed by atoms with Crippen molar-refractivity contribution in [3.8, 4) is 16.9 Å². The molecule has 0 bridgehead atoms. The van der Waals surface area contributed by atoms with Crippen molar-refractivity contribution in [3.05, 3.63) is 58.7 Å². The van der Waals surface area contributed by atoms with Gasteiger partial charge in [0.05, 0.1) is 22.6 Å². The van der Waals surface area contributed by atoms with Gasteiger partial charge in [-0.15, -0.1) is 0 Å². The molecule has 0 spiro atoms. The van der Waals surface area contributed by atoms with Crippen molar-refractivity contribution in [1.29, 1.82) is 0 Å². The van der Waals surface area contributed by atoms with E-state index in [4.69, 9.17) is 11.5 Å². The van der Waals surface area contributed by atoms with E-state index in [9.17, 15) is 14.9 Å². The minimum absolute atomic E-state index is 0.164. The first-order valence-electron chi connectivity index (χ1n) is 7.58. The summed E-state index contributed by atoms with van der Waals surface area (Å²) in [5, 5.41) is 15.4. The Morgan fingerprint density at radius 3 is 2.65 bits per heavy atom. The van der Waals surface area contributed by atoms with Crippen LogP contribution in [0.1, 0.15) is 18.4 Å². The van der Waals surface area contributed by atoms with E-state index >= 15 is 0 Å². The van der Waals surface area contributed by atoms with Crippen molar-refractivity contribution in [2.75, 3.05) is 5.73 Å². The van der Waals surface area contributed by atoms with E-state index in [2.05, 4.69) is 15.1 Å². The first kappa shape index (κ1) is 17.0. The number of nitrogen functional groups attached to an aromatic ring is 1. The zero-order valence-corrected chi connectivity index (χ0v) is 13.7. The van der Waals surface area contributed by atoms with Crippen molar-refractivity contribution < 1.29 is 9.72 Å². The van der Waals surface area contributed by atoms with Gasteiger partial charge >= 0.3 is 5.69 Å². The normalized spacial score (nSPS) is 11.9. The topological polar surface area (TPSA) is 156 Å². The maximum Gasteiger partial charge on any atom is 0.319 e. The molecule has 1 unspecified atom stereocenters. The van der Waals surface area contributed by atoms with Gasteiger partial charge in [0, 0.05) is 24.2 Å². The van der Waals surface area contributed by atoms with Crippen LogP contribution in [0.2, 0.25) is 0 Å². The van der Waals surface area contributed by atoms with E-state index in [1.54, 1.807) is 31.5 Å². The highest BCUT2D eigenvalue weighted by Crippen LogP contribution is 2.33. The first-order valence-corrected chi connectivity index (χ1v) is 7.58. The standard InChI is InChI=1S/C16H15N7O3/c1-9(16(18)24)10-2-3-13(20-6-10)22-8-11(7-21-22)12-4-5-19-15(17)14(12)23(25)26/h2-9H,1H3,(H2,17,19)(H2,18,24). The maximum atomic E-state index is 11.3. The van der Waals surface area contributed by atoms with Crippen LogP contribution in [0.5, 0.6) is 0 Å². The Balaban J connectivity index is 1.95. The summed E-state index contributed by atoms with van der Waals surface area (Å²) < 4.78 is 1.47. The van der Waals surface area contributed by atoms with Gasteiger partial charge in [0.15, 0.2) is 5.82 Å². The van der Waals surface area contributed by atoms with E-state index in [0.717, 1.165) is 0 Å². The monoisotopic (exact) mass is 353 g/mol. The predicted octanol–water partition coefficient (Wildman–Crippen LogP) is 1.41. The largest absolute Gasteiger partial charge is 0.378 e. The number of nitrogens with two attached hydrogens (primary N) is 2. The third-order valence-corrected chi connectivity index (χ3v) is 3.96. The van der Waals surface area contributed by atoms with Crippen LogP contribution >= 0.6 is 0 Å². The Labute approximate surface area is 147 Å². The Morgan fingerprint density at radius 1 is 1.27 bits per heavy atom. The molecule has 0 aliphatic heterocycles. The molecule has 132 valence electrons. The minimum Gasteiger partial charge on any atom is -0.378 e. The van der Waals surface area contributed by atoms with Crippen molar-refractivity contribution in [1.82, 2.24) is 19.7 Å². The number of pyridine rings is 2. The fourth-order valence-electron chi connectivity index (χ4n) is 2.44. The Hall–Kier alpha value is -3.82. The molecule has 0 saturated carbocycles. The number of nitro groups is 1. The van der Waals surface area contributed by atoms with Gasteiger partial charge in [-0.05, 0) is 24.6 Å². The molecule has 1 atom stereocenters. The summed E-state index contributed by atoms with van der Waals surface area (Å²) >= 11 is 0. The average Bonchev–Trinajstić information content (AvgIpc) is 3.10. The van der Waals surface area contributed by atoms with Crippen LogP contribution in [-0.2, 0) is 4.79 Å². The lowest BCUT2D eigenvalue weighted by Gasteiger charge is -2.07. The molecule has 10 nitrogen and oxygen atoms in total. The van der Waals surface area contributed by atoms with Crippen LogP contribution in [0.25, 0.3) is 16.9 Å². The summed E-state index contributed by atoms with van der Waals surface area (Å²) in [7, 11) is 0. The van der Waals surface area contributed by atoms with E-state index in [0.29, 0.717) is 22.5 Å². The second kappa shape index (κ2) is 6.59. The summed E-state index contributed by atoms with van der Waals surface area (Å²) in [5.41, 5.74) is 12.1. The Kier molecular flexibility index (Phi) is 4.31. The quantitative estimate of drug-likeness (QED) is 0.518. The number of carbonyl (C=O) groups is 1. The molecule has 1 amide bonds. The number of hydrogen-bond donors (Lipinski definition) is 2. The number of hydrogen-bond acceptors (Lipinski definition) is 7. The number of nitrogens with zero attached hydrogens (tertiary/aromatic N) is 5. The van der Waals surface area contributed by atoms with Crippen molar-refractivity contribution in [3.63, 3.8) is 0 Å². The van der Waals surface area contributed by atoms with E-state index in [-0.39, 0.29) is 11.5 Å². The van der Waals surface area contributed by atoms with Crippen LogP contribution in [-0.4, -0.2) is 30.6 Å². The predicted molar refractivity (Wildman–Crippen MR) is 93.3 cm³/mol. The number of carbonyl (C=O) groups excluding carboxylic acids is 1. The van der Waals surface area contributed by atoms with Crippen LogP contribution < -0.4 is 11.5 Å². The summed E-state index contributed by atoms with van der Waals surface area (Å²) in [5.74, 6) is -0.569.